The SMILES string of the molecule is C[C@@H]1CCNC(=O)OCc2nc(cc(N3CCCC3)n2)-c2nn(C3CCCCO3)c3ccc(cc23)O1. The molecule has 1 N–H and O–H groups in total. The molecule has 190 valence electrons. The summed E-state index contributed by atoms with van der Waals surface area (Å²) in [7, 11) is 0. The van der Waals surface area contributed by atoms with E-state index in [1.807, 2.05) is 29.8 Å². The lowest BCUT2D eigenvalue weighted by Gasteiger charge is -2.23. The molecule has 0 aliphatic carbocycles. The van der Waals surface area contributed by atoms with Gasteiger partial charge in [0.2, 0.25) is 0 Å². The van der Waals surface area contributed by atoms with Crippen LogP contribution >= 0.6 is 0 Å². The number of hydrogen-bond acceptors (Lipinski definition) is 8. The quantitative estimate of drug-likeness (QED) is 0.568. The van der Waals surface area contributed by atoms with Gasteiger partial charge < -0.3 is 24.4 Å². The number of anilines is 1. The highest BCUT2D eigenvalue weighted by molar-refractivity contribution is 5.94. The van der Waals surface area contributed by atoms with Crippen molar-refractivity contribution in [2.75, 3.05) is 31.1 Å². The number of amides is 1. The highest BCUT2D eigenvalue weighted by atomic mass is 16.5. The molecule has 2 fully saturated rings. The average Bonchev–Trinajstić information content (AvgIpc) is 3.56. The molecule has 3 aliphatic rings. The molecule has 2 aromatic heterocycles. The number of cyclic esters (lactones) is 1. The molecule has 3 aromatic rings. The number of nitrogens with one attached hydrogen (secondary N) is 1. The van der Waals surface area contributed by atoms with Gasteiger partial charge in [-0.2, -0.15) is 5.10 Å². The van der Waals surface area contributed by atoms with E-state index in [0.29, 0.717) is 24.5 Å². The maximum atomic E-state index is 12.3. The second-order valence-corrected chi connectivity index (χ2v) is 9.74. The number of ether oxygens (including phenoxy) is 3. The molecule has 1 amide bonds. The fraction of sp³-hybridized carbons (Fsp3) is 0.538. The van der Waals surface area contributed by atoms with Crippen molar-refractivity contribution in [3.05, 3.63) is 30.1 Å². The standard InChI is InChI=1S/C26H32N6O4/c1-17-9-10-27-26(33)35-16-22-28-20(15-23(29-22)31-11-3-4-12-31)25-19-14-18(36-17)7-8-21(19)32(30-25)24-6-2-5-13-34-24/h7-8,14-15,17,24H,2-6,9-13,16H2,1H3,(H,27,33)/t17-,24?/m1/s1. The van der Waals surface area contributed by atoms with Crippen LogP contribution in [0.3, 0.4) is 0 Å². The van der Waals surface area contributed by atoms with Gasteiger partial charge in [0, 0.05) is 44.1 Å². The van der Waals surface area contributed by atoms with Crippen LogP contribution in [0.25, 0.3) is 22.3 Å². The van der Waals surface area contributed by atoms with E-state index in [0.717, 1.165) is 80.0 Å². The number of nitrogens with zero attached hydrogens (tertiary/aromatic N) is 5. The zero-order chi connectivity index (χ0) is 24.5. The Bertz CT molecular complexity index is 1250. The summed E-state index contributed by atoms with van der Waals surface area (Å²) < 4.78 is 19.7. The van der Waals surface area contributed by atoms with Crippen molar-refractivity contribution < 1.29 is 19.0 Å². The molecule has 0 spiro atoms. The molecule has 6 rings (SSSR count). The summed E-state index contributed by atoms with van der Waals surface area (Å²) >= 11 is 0. The zero-order valence-corrected chi connectivity index (χ0v) is 20.6. The highest BCUT2D eigenvalue weighted by Crippen LogP contribution is 2.35. The molecule has 0 saturated carbocycles. The van der Waals surface area contributed by atoms with Crippen LogP contribution in [0.15, 0.2) is 24.3 Å². The van der Waals surface area contributed by atoms with Gasteiger partial charge in [0.05, 0.1) is 17.3 Å². The van der Waals surface area contributed by atoms with E-state index in [2.05, 4.69) is 16.3 Å². The van der Waals surface area contributed by atoms with Gasteiger partial charge in [-0.3, -0.25) is 0 Å². The monoisotopic (exact) mass is 492 g/mol. The largest absolute Gasteiger partial charge is 0.491 e. The Hall–Kier alpha value is -3.40. The summed E-state index contributed by atoms with van der Waals surface area (Å²) in [5.41, 5.74) is 2.43. The van der Waals surface area contributed by atoms with Gasteiger partial charge in [0.25, 0.3) is 0 Å². The van der Waals surface area contributed by atoms with Crippen molar-refractivity contribution in [2.45, 2.75) is 64.4 Å². The van der Waals surface area contributed by atoms with Crippen LogP contribution in [-0.4, -0.2) is 58.2 Å². The van der Waals surface area contributed by atoms with Gasteiger partial charge in [-0.05, 0) is 57.2 Å². The maximum absolute atomic E-state index is 12.3. The lowest BCUT2D eigenvalue weighted by molar-refractivity contribution is -0.0365. The summed E-state index contributed by atoms with van der Waals surface area (Å²) in [6.07, 6.45) is 5.31. The molecule has 4 bridgehead atoms. The van der Waals surface area contributed by atoms with E-state index in [9.17, 15) is 4.79 Å². The van der Waals surface area contributed by atoms with Crippen molar-refractivity contribution in [3.63, 3.8) is 0 Å². The number of benzene rings is 1. The van der Waals surface area contributed by atoms with Crippen molar-refractivity contribution in [1.82, 2.24) is 25.1 Å². The Balaban J connectivity index is 1.51. The number of carbonyl (C=O) groups is 1. The fourth-order valence-corrected chi connectivity index (χ4v) is 5.15. The second kappa shape index (κ2) is 9.93. The first kappa shape index (κ1) is 23.0. The van der Waals surface area contributed by atoms with Gasteiger partial charge in [-0.1, -0.05) is 0 Å². The van der Waals surface area contributed by atoms with E-state index in [-0.39, 0.29) is 18.9 Å². The number of hydrogen-bond donors (Lipinski definition) is 1. The number of alkyl carbamates (subject to hydrolysis) is 1. The predicted octanol–water partition coefficient (Wildman–Crippen LogP) is 4.19. The normalized spacial score (nSPS) is 23.0. The Morgan fingerprint density at radius 2 is 1.94 bits per heavy atom. The smallest absolute Gasteiger partial charge is 0.407 e. The summed E-state index contributed by atoms with van der Waals surface area (Å²) in [5.74, 6) is 2.04. The van der Waals surface area contributed by atoms with Crippen LogP contribution in [0.2, 0.25) is 0 Å². The van der Waals surface area contributed by atoms with Gasteiger partial charge >= 0.3 is 6.09 Å². The van der Waals surface area contributed by atoms with E-state index < -0.39 is 6.09 Å². The molecule has 2 atom stereocenters. The summed E-state index contributed by atoms with van der Waals surface area (Å²) in [6.45, 7) is 5.05. The first-order valence-electron chi connectivity index (χ1n) is 13.0. The van der Waals surface area contributed by atoms with Crippen LogP contribution in [0.4, 0.5) is 10.6 Å². The van der Waals surface area contributed by atoms with Gasteiger partial charge in [0.1, 0.15) is 17.3 Å². The topological polar surface area (TPSA) is 104 Å². The van der Waals surface area contributed by atoms with E-state index >= 15 is 0 Å². The summed E-state index contributed by atoms with van der Waals surface area (Å²) in [6, 6.07) is 8.07. The third-order valence-electron chi connectivity index (χ3n) is 7.03. The number of aromatic nitrogens is 4. The average molecular weight is 493 g/mol. The first-order chi connectivity index (χ1) is 17.6. The number of carbonyl (C=O) groups excluding carboxylic acids is 1. The van der Waals surface area contributed by atoms with Crippen LogP contribution in [-0.2, 0) is 16.1 Å². The van der Waals surface area contributed by atoms with Crippen molar-refractivity contribution in [2.24, 2.45) is 0 Å². The lowest BCUT2D eigenvalue weighted by Crippen LogP contribution is -2.28. The molecule has 10 heteroatoms. The Morgan fingerprint density at radius 1 is 1.06 bits per heavy atom. The van der Waals surface area contributed by atoms with Crippen LogP contribution in [0.5, 0.6) is 5.75 Å². The molecular formula is C26H32N6O4. The molecule has 1 aromatic carbocycles. The van der Waals surface area contributed by atoms with Gasteiger partial charge in [-0.25, -0.2) is 19.4 Å². The van der Waals surface area contributed by atoms with Gasteiger partial charge in [0.15, 0.2) is 18.7 Å². The summed E-state index contributed by atoms with van der Waals surface area (Å²) in [4.78, 5) is 24.1. The van der Waals surface area contributed by atoms with E-state index in [4.69, 9.17) is 29.3 Å². The van der Waals surface area contributed by atoms with E-state index in [1.54, 1.807) is 0 Å². The van der Waals surface area contributed by atoms with Crippen LogP contribution < -0.4 is 15.0 Å². The molecule has 5 heterocycles. The van der Waals surface area contributed by atoms with Crippen LogP contribution in [0.1, 0.15) is 57.5 Å². The minimum atomic E-state index is -0.490. The predicted molar refractivity (Wildman–Crippen MR) is 134 cm³/mol. The molecule has 1 unspecified atom stereocenters. The highest BCUT2D eigenvalue weighted by Gasteiger charge is 2.25. The Kier molecular flexibility index (Phi) is 6.35. The van der Waals surface area contributed by atoms with Crippen molar-refractivity contribution in [3.8, 4) is 17.1 Å². The third kappa shape index (κ3) is 4.69. The third-order valence-corrected chi connectivity index (χ3v) is 7.03. The molecule has 3 aliphatic heterocycles. The minimum Gasteiger partial charge on any atom is -0.491 e. The number of fused-ring (bicyclic) bond motifs is 4. The fourth-order valence-electron chi connectivity index (χ4n) is 5.15. The van der Waals surface area contributed by atoms with Crippen LogP contribution in [0, 0.1) is 0 Å². The Morgan fingerprint density at radius 3 is 2.78 bits per heavy atom. The Labute approximate surface area is 209 Å². The molecule has 10 nitrogen and oxygen atoms in total. The van der Waals surface area contributed by atoms with E-state index in [1.165, 1.54) is 0 Å². The molecule has 36 heavy (non-hydrogen) atoms. The zero-order valence-electron chi connectivity index (χ0n) is 20.6. The maximum Gasteiger partial charge on any atom is 0.407 e. The second-order valence-electron chi connectivity index (χ2n) is 9.74. The van der Waals surface area contributed by atoms with Gasteiger partial charge in [-0.15, -0.1) is 0 Å². The lowest BCUT2D eigenvalue weighted by atomic mass is 10.1. The molecular weight excluding hydrogens is 460 g/mol. The molecule has 2 saturated heterocycles. The molecule has 0 radical (unpaired) electrons. The summed E-state index contributed by atoms with van der Waals surface area (Å²) in [5, 5.41) is 8.79. The van der Waals surface area contributed by atoms with Crippen molar-refractivity contribution in [1.29, 1.82) is 0 Å². The number of rotatable bonds is 2. The first-order valence-corrected chi connectivity index (χ1v) is 13.0. The minimum absolute atomic E-state index is 0.0117. The van der Waals surface area contributed by atoms with Crippen molar-refractivity contribution >= 4 is 22.8 Å².